The van der Waals surface area contributed by atoms with Gasteiger partial charge in [0.15, 0.2) is 5.78 Å². The molecular formula is C133H202ClFN12O2. The summed E-state index contributed by atoms with van der Waals surface area (Å²) in [4.78, 5) is 40.9. The Morgan fingerprint density at radius 3 is 1.13 bits per heavy atom. The minimum Gasteiger partial charge on any atom is -0.366 e. The van der Waals surface area contributed by atoms with Gasteiger partial charge in [0, 0.05) is 125 Å². The number of likely N-dealkylation sites (N-methyl/N-ethyl adjacent to an activating group) is 1. The fourth-order valence-corrected chi connectivity index (χ4v) is 21.6. The highest BCUT2D eigenvalue weighted by Crippen LogP contribution is 2.37. The zero-order chi connectivity index (χ0) is 112. The van der Waals surface area contributed by atoms with Crippen molar-refractivity contribution in [3.63, 3.8) is 0 Å². The molecule has 11 aromatic rings. The van der Waals surface area contributed by atoms with Gasteiger partial charge in [0.25, 0.3) is 0 Å². The summed E-state index contributed by atoms with van der Waals surface area (Å²) < 4.78 is 18.7. The molecule has 0 bridgehead atoms. The molecule has 820 valence electrons. The molecule has 0 saturated carbocycles. The lowest BCUT2D eigenvalue weighted by Gasteiger charge is -2.32. The highest BCUT2D eigenvalue weighted by molar-refractivity contribution is 6.31. The fourth-order valence-electron chi connectivity index (χ4n) is 21.1. The number of amides is 1. The zero-order valence-corrected chi connectivity index (χ0v) is 102. The number of halogens is 2. The molecule has 14 nitrogen and oxygen atoms in total. The molecule has 0 aliphatic carbocycles. The van der Waals surface area contributed by atoms with Crippen LogP contribution in [0.15, 0.2) is 176 Å². The van der Waals surface area contributed by atoms with Gasteiger partial charge in [-0.15, -0.1) is 0 Å². The largest absolute Gasteiger partial charge is 0.366 e. The van der Waals surface area contributed by atoms with Gasteiger partial charge in [0.05, 0.1) is 17.1 Å². The Morgan fingerprint density at radius 2 is 0.758 bits per heavy atom. The van der Waals surface area contributed by atoms with E-state index in [9.17, 15) is 14.0 Å². The summed E-state index contributed by atoms with van der Waals surface area (Å²) in [7, 11) is 8.18. The summed E-state index contributed by atoms with van der Waals surface area (Å²) >= 11 is 6.11. The number of likely N-dealkylation sites (tertiary alicyclic amines) is 3. The Kier molecular flexibility index (Phi) is 47.7. The number of hydrogen-bond acceptors (Lipinski definition) is 10. The lowest BCUT2D eigenvalue weighted by atomic mass is 9.81. The molecular weight excluding hydrogens is 1850 g/mol. The van der Waals surface area contributed by atoms with Crippen LogP contribution < -0.4 is 5.73 Å². The molecule has 16 heteroatoms. The SMILES string of the molecule is CC(C)(C)c1ccccc1C(N)=O.Cc1cc(C(=O)Cc2ccc(CN3CCN(C)CC3)cc2)ccc1C(C)(C)C.Cc1cc(C(C)(C)C)n(C)n1.Cc1cc(CN2CCCC2)ccc1C(C)(C)C.Cc1cc(F)ccc1C(C)(C)C.Cc1ccc(CN2CCCC2)cc1C(C)(C)C.Cc1cccc(CN2CCCC2)c1C(C)(C)C.Cc1cccc(Cl)c1C(C)(C)C.Cc1cn(C)c(C(C)(C)C)n1.Cc1nn(C)cc1C(C)(C)C. The number of primary amides is 1. The number of carbonyl (C=O) groups is 2. The van der Waals surface area contributed by atoms with Crippen LogP contribution in [0.25, 0.3) is 0 Å². The smallest absolute Gasteiger partial charge is 0.248 e. The van der Waals surface area contributed by atoms with Gasteiger partial charge in [-0.2, -0.15) is 10.2 Å². The standard InChI is InChI=1S/C25H34N2O.3C16H25N.C11H15Cl.C11H15F.C11H15NO.3C9H16N2/c1-19-16-22(10-11-23(19)25(2,3)4)24(28)17-20-6-8-21(9-7-20)18-27-14-12-26(5)13-15-27;1-13-8-7-9-14(15(13)16(2,3)4)12-17-10-5-6-11-17;1-13-11-14(12-17-9-5-6-10-17)7-8-15(13)16(2,3)4;1-13-7-8-14(11-15(13)16(2,3)4)12-17-9-5-6-10-17;1-8-6-5-7-9(12)10(8)11(2,3)4;1-8-7-9(12)5-6-10(8)11(2,3)4;1-11(2,3)9-7-5-4-6-8(9)10(12)13;1-7-8(9(2,3)4)6-11(5)10-7;1-7-6-11(5)8(10-7)9(2,3)4;1-7-6-8(9(2,3)4)11(5)10-7/h6-11,16H,12-15,17-18H2,1-5H3;7-9H,5-6,10-12H2,1-4H3;2*7-8,11H,5-6,9-10,12H2,1-4H3;2*5-7H,1-4H3;4-7H,1-3H3,(H2,12,13);3*6H,1-5H3. The molecule has 0 spiro atoms. The van der Waals surface area contributed by atoms with Crippen LogP contribution in [0.3, 0.4) is 0 Å². The van der Waals surface area contributed by atoms with Crippen molar-refractivity contribution < 1.29 is 14.0 Å². The highest BCUT2D eigenvalue weighted by Gasteiger charge is 2.29. The summed E-state index contributed by atoms with van der Waals surface area (Å²) in [6.45, 7) is 102. The monoisotopic (exact) mass is 2050 g/mol. The second-order valence-electron chi connectivity index (χ2n) is 53.1. The van der Waals surface area contributed by atoms with Gasteiger partial charge in [-0.25, -0.2) is 9.37 Å². The van der Waals surface area contributed by atoms with E-state index >= 15 is 0 Å². The number of piperazine rings is 1. The maximum absolute atomic E-state index is 12.7. The van der Waals surface area contributed by atoms with Crippen molar-refractivity contribution in [2.75, 3.05) is 72.5 Å². The van der Waals surface area contributed by atoms with E-state index in [1.165, 1.54) is 173 Å². The normalized spacial score (nSPS) is 14.7. The van der Waals surface area contributed by atoms with Crippen LogP contribution in [0.5, 0.6) is 0 Å². The van der Waals surface area contributed by atoms with E-state index in [0.29, 0.717) is 12.0 Å². The van der Waals surface area contributed by atoms with Crippen molar-refractivity contribution in [1.29, 1.82) is 0 Å². The number of rotatable bonds is 12. The van der Waals surface area contributed by atoms with Gasteiger partial charge in [0.1, 0.15) is 11.6 Å². The summed E-state index contributed by atoms with van der Waals surface area (Å²) in [5, 5.41) is 9.47. The van der Waals surface area contributed by atoms with Crippen LogP contribution in [-0.4, -0.2) is 138 Å². The number of carbonyl (C=O) groups excluding carboxylic acids is 2. The van der Waals surface area contributed by atoms with E-state index < -0.39 is 0 Å². The summed E-state index contributed by atoms with van der Waals surface area (Å²) in [5.74, 6) is 0.830. The fraction of sp³-hybridized carbons (Fsp3) is 0.556. The van der Waals surface area contributed by atoms with Crippen LogP contribution in [0.2, 0.25) is 5.02 Å². The minimum absolute atomic E-state index is 0.0361. The molecule has 0 radical (unpaired) electrons. The molecule has 149 heavy (non-hydrogen) atoms. The van der Waals surface area contributed by atoms with E-state index in [-0.39, 0.29) is 71.7 Å². The number of Topliss-reactive ketones (excluding diaryl/α,β-unsaturated/α-hetero) is 1. The molecule has 4 aliphatic heterocycles. The molecule has 15 rings (SSSR count). The van der Waals surface area contributed by atoms with E-state index in [1.54, 1.807) is 17.7 Å². The van der Waals surface area contributed by atoms with Gasteiger partial charge in [-0.05, 0) is 333 Å². The number of benzene rings is 8. The van der Waals surface area contributed by atoms with Gasteiger partial charge in [0.2, 0.25) is 5.91 Å². The number of aryl methyl sites for hydroxylation is 12. The first-order valence-electron chi connectivity index (χ1n) is 55.2. The third kappa shape index (κ3) is 42.5. The third-order valence-corrected chi connectivity index (χ3v) is 28.4. The Balaban J connectivity index is 0.000000257. The quantitative estimate of drug-likeness (QED) is 0.118. The number of hydrogen-bond donors (Lipinski definition) is 1. The van der Waals surface area contributed by atoms with Crippen LogP contribution in [0.1, 0.15) is 401 Å². The average molecular weight is 2060 g/mol. The van der Waals surface area contributed by atoms with E-state index in [4.69, 9.17) is 17.3 Å². The second kappa shape index (κ2) is 55.4. The molecule has 4 fully saturated rings. The first-order valence-corrected chi connectivity index (χ1v) is 55.5. The Labute approximate surface area is 912 Å². The van der Waals surface area contributed by atoms with Gasteiger partial charge >= 0.3 is 0 Å². The van der Waals surface area contributed by atoms with E-state index in [0.717, 1.165) is 103 Å². The molecule has 3 aromatic heterocycles. The second-order valence-corrected chi connectivity index (χ2v) is 53.5. The van der Waals surface area contributed by atoms with E-state index in [2.05, 4.69) is 410 Å². The van der Waals surface area contributed by atoms with Crippen LogP contribution >= 0.6 is 11.6 Å². The number of aromatic nitrogens is 6. The third-order valence-electron chi connectivity index (χ3n) is 28.1. The molecule has 8 aromatic carbocycles. The minimum atomic E-state index is -0.356. The maximum atomic E-state index is 12.7. The van der Waals surface area contributed by atoms with Crippen molar-refractivity contribution in [3.05, 3.63) is 332 Å². The molecule has 2 N–H and O–H groups in total. The molecule has 1 amide bonds. The zero-order valence-electron chi connectivity index (χ0n) is 102. The van der Waals surface area contributed by atoms with Crippen molar-refractivity contribution in [2.24, 2.45) is 26.9 Å². The first kappa shape index (κ1) is 128. The Hall–Kier alpha value is -9.45. The topological polar surface area (TPSA) is 130 Å². The molecule has 4 aliphatic rings. The average Bonchev–Trinajstić information content (AvgIpc) is 1.79. The highest BCUT2D eigenvalue weighted by atomic mass is 35.5. The van der Waals surface area contributed by atoms with Crippen molar-refractivity contribution in [1.82, 2.24) is 53.6 Å². The van der Waals surface area contributed by atoms with Gasteiger partial charge in [-0.3, -0.25) is 38.6 Å². The summed E-state index contributed by atoms with van der Waals surface area (Å²) in [6, 6.07) is 56.1. The summed E-state index contributed by atoms with van der Waals surface area (Å²) in [6.07, 6.45) is 12.8. The van der Waals surface area contributed by atoms with Crippen LogP contribution in [0, 0.1) is 68.1 Å². The first-order chi connectivity index (χ1) is 68.6. The number of nitrogens with zero attached hydrogens (tertiary/aromatic N) is 11. The molecule has 0 atom stereocenters. The predicted octanol–water partition coefficient (Wildman–Crippen LogP) is 31.7. The van der Waals surface area contributed by atoms with Crippen molar-refractivity contribution in [3.8, 4) is 0 Å². The number of nitrogens with two attached hydrogens (primary N) is 1. The molecule has 4 saturated heterocycles. The van der Waals surface area contributed by atoms with Gasteiger partial charge < -0.3 is 15.2 Å². The number of ketones is 1. The molecule has 7 heterocycles. The lowest BCUT2D eigenvalue weighted by Crippen LogP contribution is -2.43. The summed E-state index contributed by atoms with van der Waals surface area (Å²) in [5.41, 5.74) is 38.3. The molecule has 0 unspecified atom stereocenters. The van der Waals surface area contributed by atoms with Crippen LogP contribution in [-0.2, 0) is 108 Å². The maximum Gasteiger partial charge on any atom is 0.248 e. The predicted molar refractivity (Wildman–Crippen MR) is 639 cm³/mol. The Morgan fingerprint density at radius 1 is 0.342 bits per heavy atom. The van der Waals surface area contributed by atoms with Gasteiger partial charge in [-0.1, -0.05) is 347 Å². The van der Waals surface area contributed by atoms with Crippen molar-refractivity contribution in [2.45, 2.75) is 395 Å². The lowest BCUT2D eigenvalue weighted by molar-refractivity contribution is 0.0987. The van der Waals surface area contributed by atoms with Crippen molar-refractivity contribution >= 4 is 23.3 Å². The van der Waals surface area contributed by atoms with E-state index in [1.807, 2.05) is 99.8 Å². The Bertz CT molecular complexity index is 5850. The van der Waals surface area contributed by atoms with Crippen LogP contribution in [0.4, 0.5) is 4.39 Å². The number of imidazole rings is 1.